The number of carbonyl (C=O) groups excluding carboxylic acids is 1. The monoisotopic (exact) mass is 492 g/mol. The number of aromatic nitrogens is 2. The van der Waals surface area contributed by atoms with E-state index in [0.717, 1.165) is 10.8 Å². The number of piperazine rings is 1. The van der Waals surface area contributed by atoms with Crippen LogP contribution < -0.4 is 4.90 Å². The van der Waals surface area contributed by atoms with Crippen molar-refractivity contribution in [1.29, 1.82) is 0 Å². The van der Waals surface area contributed by atoms with Crippen LogP contribution in [0, 0.1) is 5.82 Å². The number of phenolic OH excluding ortho intramolecular Hbond substituents is 1. The van der Waals surface area contributed by atoms with Crippen molar-refractivity contribution in [2.24, 2.45) is 0 Å². The normalized spacial score (nSPS) is 16.1. The number of carbonyl (C=O) groups is 1. The van der Waals surface area contributed by atoms with Gasteiger partial charge < -0.3 is 20.0 Å². The summed E-state index contributed by atoms with van der Waals surface area (Å²) in [6.07, 6.45) is 2.51. The summed E-state index contributed by atoms with van der Waals surface area (Å²) in [5.74, 6) is -0.411. The molecular formula is C26H22ClFN4O3. The lowest BCUT2D eigenvalue weighted by atomic mass is 9.96. The number of phenols is 1. The molecule has 1 aliphatic heterocycles. The number of hydrogen-bond donors (Lipinski definition) is 2. The molecule has 3 aromatic carbocycles. The molecule has 1 saturated heterocycles. The SMILES string of the molecule is C=CC(=O)N1CCN(c2ncnc3c(F)c(-c4cc(O)cc5ccccc45)c(Cl)cc23)CC1CO. The second kappa shape index (κ2) is 9.13. The summed E-state index contributed by atoms with van der Waals surface area (Å²) in [5.41, 5.74) is 0.694. The molecule has 0 aliphatic carbocycles. The third-order valence-electron chi connectivity index (χ3n) is 6.37. The largest absolute Gasteiger partial charge is 0.508 e. The van der Waals surface area contributed by atoms with Crippen LogP contribution in [0.15, 0.2) is 61.4 Å². The molecule has 1 unspecified atom stereocenters. The number of amides is 1. The molecule has 9 heteroatoms. The average molecular weight is 493 g/mol. The number of aliphatic hydroxyl groups is 1. The summed E-state index contributed by atoms with van der Waals surface area (Å²) in [5, 5.41) is 22.2. The first-order chi connectivity index (χ1) is 16.9. The van der Waals surface area contributed by atoms with Gasteiger partial charge in [-0.15, -0.1) is 0 Å². The Bertz CT molecular complexity index is 1480. The van der Waals surface area contributed by atoms with E-state index in [1.165, 1.54) is 18.5 Å². The highest BCUT2D eigenvalue weighted by molar-refractivity contribution is 6.35. The van der Waals surface area contributed by atoms with E-state index in [1.54, 1.807) is 17.0 Å². The van der Waals surface area contributed by atoms with Crippen molar-refractivity contribution in [3.63, 3.8) is 0 Å². The molecule has 0 bridgehead atoms. The van der Waals surface area contributed by atoms with Crippen molar-refractivity contribution >= 4 is 45.0 Å². The molecule has 0 spiro atoms. The molecule has 178 valence electrons. The Labute approximate surface area is 205 Å². The molecular weight excluding hydrogens is 471 g/mol. The Kier molecular flexibility index (Phi) is 6.00. The Hall–Kier alpha value is -3.75. The first-order valence-electron chi connectivity index (χ1n) is 11.1. The molecule has 35 heavy (non-hydrogen) atoms. The van der Waals surface area contributed by atoms with Crippen molar-refractivity contribution < 1.29 is 19.4 Å². The first-order valence-corrected chi connectivity index (χ1v) is 11.4. The lowest BCUT2D eigenvalue weighted by Crippen LogP contribution is -2.56. The van der Waals surface area contributed by atoms with Crippen molar-refractivity contribution in [2.75, 3.05) is 31.1 Å². The van der Waals surface area contributed by atoms with Crippen LogP contribution in [0.2, 0.25) is 5.02 Å². The predicted octanol–water partition coefficient (Wildman–Crippen LogP) is 4.14. The van der Waals surface area contributed by atoms with E-state index >= 15 is 4.39 Å². The highest BCUT2D eigenvalue weighted by Gasteiger charge is 2.31. The van der Waals surface area contributed by atoms with Gasteiger partial charge in [-0.3, -0.25) is 4.79 Å². The molecule has 1 fully saturated rings. The summed E-state index contributed by atoms with van der Waals surface area (Å²) in [4.78, 5) is 24.2. The molecule has 2 N–H and O–H groups in total. The van der Waals surface area contributed by atoms with Crippen molar-refractivity contribution in [3.8, 4) is 16.9 Å². The van der Waals surface area contributed by atoms with E-state index in [2.05, 4.69) is 16.5 Å². The van der Waals surface area contributed by atoms with E-state index in [1.807, 2.05) is 29.2 Å². The lowest BCUT2D eigenvalue weighted by Gasteiger charge is -2.41. The number of anilines is 1. The Morgan fingerprint density at radius 2 is 2.00 bits per heavy atom. The minimum atomic E-state index is -0.619. The highest BCUT2D eigenvalue weighted by Crippen LogP contribution is 2.41. The van der Waals surface area contributed by atoms with Crippen LogP contribution in [-0.4, -0.2) is 63.3 Å². The zero-order valence-corrected chi connectivity index (χ0v) is 19.4. The molecule has 0 saturated carbocycles. The number of aromatic hydroxyl groups is 1. The summed E-state index contributed by atoms with van der Waals surface area (Å²) in [7, 11) is 0. The molecule has 1 atom stereocenters. The third-order valence-corrected chi connectivity index (χ3v) is 6.66. The van der Waals surface area contributed by atoms with Crippen LogP contribution in [0.3, 0.4) is 0 Å². The van der Waals surface area contributed by atoms with E-state index in [0.29, 0.717) is 36.4 Å². The molecule has 2 heterocycles. The fourth-order valence-corrected chi connectivity index (χ4v) is 5.02. The number of halogens is 2. The van der Waals surface area contributed by atoms with Crippen LogP contribution in [0.5, 0.6) is 5.75 Å². The van der Waals surface area contributed by atoms with Gasteiger partial charge in [-0.1, -0.05) is 42.4 Å². The van der Waals surface area contributed by atoms with Gasteiger partial charge in [-0.05, 0) is 40.6 Å². The van der Waals surface area contributed by atoms with Gasteiger partial charge in [-0.2, -0.15) is 0 Å². The lowest BCUT2D eigenvalue weighted by molar-refractivity contribution is -0.129. The van der Waals surface area contributed by atoms with Gasteiger partial charge >= 0.3 is 0 Å². The molecule has 4 aromatic rings. The van der Waals surface area contributed by atoms with Crippen LogP contribution in [0.25, 0.3) is 32.8 Å². The standard InChI is InChI=1S/C26H22ClFN4O3/c1-2-22(35)32-8-7-31(12-16(32)13-33)26-20-11-21(27)23(24(28)25(20)29-14-30-26)19-10-17(34)9-15-5-3-4-6-18(15)19/h2-6,9-11,14,16,33-34H,1,7-8,12-13H2. The molecule has 1 amide bonds. The zero-order valence-electron chi connectivity index (χ0n) is 18.7. The highest BCUT2D eigenvalue weighted by atomic mass is 35.5. The Morgan fingerprint density at radius 3 is 2.77 bits per heavy atom. The minimum absolute atomic E-state index is 0.000345. The quantitative estimate of drug-likeness (QED) is 0.416. The zero-order chi connectivity index (χ0) is 24.7. The van der Waals surface area contributed by atoms with Crippen LogP contribution >= 0.6 is 11.6 Å². The summed E-state index contributed by atoms with van der Waals surface area (Å²) in [6.45, 7) is 4.38. The fraction of sp³-hybridized carbons (Fsp3) is 0.192. The number of benzene rings is 3. The van der Waals surface area contributed by atoms with E-state index in [9.17, 15) is 15.0 Å². The number of rotatable bonds is 4. The number of aliphatic hydroxyl groups excluding tert-OH is 1. The van der Waals surface area contributed by atoms with Crippen LogP contribution in [-0.2, 0) is 4.79 Å². The van der Waals surface area contributed by atoms with Gasteiger partial charge in [0.05, 0.1) is 17.7 Å². The van der Waals surface area contributed by atoms with Crippen LogP contribution in [0.1, 0.15) is 0 Å². The maximum Gasteiger partial charge on any atom is 0.246 e. The first kappa shape index (κ1) is 23.0. The van der Waals surface area contributed by atoms with Crippen molar-refractivity contribution in [1.82, 2.24) is 14.9 Å². The van der Waals surface area contributed by atoms with E-state index < -0.39 is 11.9 Å². The van der Waals surface area contributed by atoms with Crippen molar-refractivity contribution in [3.05, 3.63) is 72.3 Å². The van der Waals surface area contributed by atoms with Gasteiger partial charge in [0.25, 0.3) is 0 Å². The second-order valence-electron chi connectivity index (χ2n) is 8.37. The summed E-state index contributed by atoms with van der Waals surface area (Å²) >= 11 is 6.65. The van der Waals surface area contributed by atoms with Crippen LogP contribution in [0.4, 0.5) is 10.2 Å². The smallest absolute Gasteiger partial charge is 0.246 e. The molecule has 7 nitrogen and oxygen atoms in total. The number of nitrogens with zero attached hydrogens (tertiary/aromatic N) is 4. The molecule has 5 rings (SSSR count). The number of hydrogen-bond acceptors (Lipinski definition) is 6. The molecule has 1 aliphatic rings. The maximum absolute atomic E-state index is 16.0. The third kappa shape index (κ3) is 3.94. The second-order valence-corrected chi connectivity index (χ2v) is 8.78. The Morgan fingerprint density at radius 1 is 1.20 bits per heavy atom. The summed E-state index contributed by atoms with van der Waals surface area (Å²) < 4.78 is 16.0. The molecule has 1 aromatic heterocycles. The van der Waals surface area contributed by atoms with Gasteiger partial charge in [0.15, 0.2) is 5.82 Å². The van der Waals surface area contributed by atoms with Crippen molar-refractivity contribution in [2.45, 2.75) is 6.04 Å². The topological polar surface area (TPSA) is 89.8 Å². The van der Waals surface area contributed by atoms with Gasteiger partial charge in [0.1, 0.15) is 23.4 Å². The van der Waals surface area contributed by atoms with E-state index in [-0.39, 0.29) is 34.4 Å². The Balaban J connectivity index is 1.63. The fourth-order valence-electron chi connectivity index (χ4n) is 4.73. The number of fused-ring (bicyclic) bond motifs is 2. The minimum Gasteiger partial charge on any atom is -0.508 e. The maximum atomic E-state index is 16.0. The summed E-state index contributed by atoms with van der Waals surface area (Å²) in [6, 6.07) is 11.6. The van der Waals surface area contributed by atoms with Gasteiger partial charge in [0, 0.05) is 30.6 Å². The van der Waals surface area contributed by atoms with Gasteiger partial charge in [0.2, 0.25) is 5.91 Å². The molecule has 0 radical (unpaired) electrons. The van der Waals surface area contributed by atoms with E-state index in [4.69, 9.17) is 11.6 Å². The predicted molar refractivity (Wildman–Crippen MR) is 134 cm³/mol. The van der Waals surface area contributed by atoms with Gasteiger partial charge in [-0.25, -0.2) is 14.4 Å². The average Bonchev–Trinajstić information content (AvgIpc) is 2.87.